The van der Waals surface area contributed by atoms with Crippen LogP contribution in [0.4, 0.5) is 4.79 Å². The summed E-state index contributed by atoms with van der Waals surface area (Å²) in [7, 11) is 0. The van der Waals surface area contributed by atoms with Gasteiger partial charge in [0.1, 0.15) is 13.2 Å². The molecule has 5 nitrogen and oxygen atoms in total. The molecule has 18 heavy (non-hydrogen) atoms. The number of hydrogen-bond donors (Lipinski definition) is 0. The maximum Gasteiger partial charge on any atom is 0.410 e. The summed E-state index contributed by atoms with van der Waals surface area (Å²) in [6, 6.07) is 9.42. The van der Waals surface area contributed by atoms with Gasteiger partial charge in [0, 0.05) is 6.54 Å². The molecule has 0 N–H and O–H groups in total. The molecule has 1 fully saturated rings. The molecule has 1 saturated heterocycles. The maximum absolute atomic E-state index is 11.8. The third-order valence-electron chi connectivity index (χ3n) is 2.60. The number of Topliss-reactive ketones (excluding diaryl/α,β-unsaturated/α-hetero) is 1. The van der Waals surface area contributed by atoms with Gasteiger partial charge in [-0.25, -0.2) is 4.79 Å². The van der Waals surface area contributed by atoms with Gasteiger partial charge >= 0.3 is 6.09 Å². The summed E-state index contributed by atoms with van der Waals surface area (Å²) in [5, 5.41) is 0. The van der Waals surface area contributed by atoms with E-state index >= 15 is 0 Å². The zero-order chi connectivity index (χ0) is 12.8. The molecule has 0 unspecified atom stereocenters. The molecule has 0 aliphatic carbocycles. The standard InChI is InChI=1S/C13H15NO4/c15-12-8-14(6-7-17-10-12)13(16)18-9-11-4-2-1-3-5-11/h1-5H,6-10H2. The van der Waals surface area contributed by atoms with Crippen LogP contribution in [0.25, 0.3) is 0 Å². The van der Waals surface area contributed by atoms with Gasteiger partial charge < -0.3 is 9.47 Å². The third kappa shape index (κ3) is 3.56. The highest BCUT2D eigenvalue weighted by Gasteiger charge is 2.21. The van der Waals surface area contributed by atoms with Crippen molar-refractivity contribution >= 4 is 11.9 Å². The van der Waals surface area contributed by atoms with Crippen molar-refractivity contribution in [2.24, 2.45) is 0 Å². The van der Waals surface area contributed by atoms with E-state index in [1.165, 1.54) is 4.90 Å². The smallest absolute Gasteiger partial charge is 0.410 e. The van der Waals surface area contributed by atoms with Crippen LogP contribution < -0.4 is 0 Å². The highest BCUT2D eigenvalue weighted by Crippen LogP contribution is 2.04. The first kappa shape index (κ1) is 12.6. The molecule has 0 radical (unpaired) electrons. The lowest BCUT2D eigenvalue weighted by Gasteiger charge is -2.18. The van der Waals surface area contributed by atoms with Crippen molar-refractivity contribution in [3.05, 3.63) is 35.9 Å². The second-order valence-corrected chi connectivity index (χ2v) is 4.05. The summed E-state index contributed by atoms with van der Waals surface area (Å²) in [5.74, 6) is -0.107. The van der Waals surface area contributed by atoms with Crippen molar-refractivity contribution in [2.45, 2.75) is 6.61 Å². The Morgan fingerprint density at radius 2 is 2.11 bits per heavy atom. The van der Waals surface area contributed by atoms with Gasteiger partial charge in [-0.15, -0.1) is 0 Å². The summed E-state index contributed by atoms with van der Waals surface area (Å²) in [6.07, 6.45) is -0.474. The number of rotatable bonds is 2. The number of ether oxygens (including phenoxy) is 2. The second-order valence-electron chi connectivity index (χ2n) is 4.05. The number of nitrogens with zero attached hydrogens (tertiary/aromatic N) is 1. The van der Waals surface area contributed by atoms with Crippen molar-refractivity contribution < 1.29 is 19.1 Å². The molecule has 1 heterocycles. The monoisotopic (exact) mass is 249 g/mol. The fourth-order valence-corrected chi connectivity index (χ4v) is 1.66. The van der Waals surface area contributed by atoms with Gasteiger partial charge in [0.15, 0.2) is 5.78 Å². The Balaban J connectivity index is 1.85. The van der Waals surface area contributed by atoms with E-state index in [1.807, 2.05) is 30.3 Å². The molecule has 0 atom stereocenters. The van der Waals surface area contributed by atoms with Gasteiger partial charge in [0.25, 0.3) is 0 Å². The number of carbonyl (C=O) groups excluding carboxylic acids is 2. The van der Waals surface area contributed by atoms with Crippen LogP contribution in [0.15, 0.2) is 30.3 Å². The minimum atomic E-state index is -0.474. The summed E-state index contributed by atoms with van der Waals surface area (Å²) < 4.78 is 10.2. The minimum Gasteiger partial charge on any atom is -0.445 e. The summed E-state index contributed by atoms with van der Waals surface area (Å²) in [6.45, 7) is 1.10. The first-order valence-electron chi connectivity index (χ1n) is 5.81. The Hall–Kier alpha value is -1.88. The molecule has 1 amide bonds. The lowest BCUT2D eigenvalue weighted by atomic mass is 10.2. The molecular formula is C13H15NO4. The van der Waals surface area contributed by atoms with Crippen molar-refractivity contribution in [3.8, 4) is 0 Å². The van der Waals surface area contributed by atoms with Crippen LogP contribution in [-0.2, 0) is 20.9 Å². The van der Waals surface area contributed by atoms with Gasteiger partial charge in [0.05, 0.1) is 13.2 Å². The molecular weight excluding hydrogens is 234 g/mol. The molecule has 0 aromatic heterocycles. The van der Waals surface area contributed by atoms with Gasteiger partial charge in [-0.1, -0.05) is 30.3 Å². The predicted octanol–water partition coefficient (Wildman–Crippen LogP) is 1.22. The molecule has 1 aliphatic heterocycles. The Labute approximate surface area is 105 Å². The predicted molar refractivity (Wildman–Crippen MR) is 64.0 cm³/mol. The van der Waals surface area contributed by atoms with Crippen LogP contribution >= 0.6 is 0 Å². The molecule has 1 aromatic carbocycles. The Bertz CT molecular complexity index is 418. The highest BCUT2D eigenvalue weighted by atomic mass is 16.6. The number of ketones is 1. The van der Waals surface area contributed by atoms with Crippen molar-refractivity contribution in [1.82, 2.24) is 4.90 Å². The molecule has 0 bridgehead atoms. The van der Waals surface area contributed by atoms with Crippen molar-refractivity contribution in [2.75, 3.05) is 26.3 Å². The van der Waals surface area contributed by atoms with Gasteiger partial charge in [-0.05, 0) is 5.56 Å². The van der Waals surface area contributed by atoms with Gasteiger partial charge in [-0.2, -0.15) is 0 Å². The maximum atomic E-state index is 11.8. The van der Waals surface area contributed by atoms with Gasteiger partial charge in [-0.3, -0.25) is 9.69 Å². The average molecular weight is 249 g/mol. The fraction of sp³-hybridized carbons (Fsp3) is 0.385. The van der Waals surface area contributed by atoms with E-state index in [1.54, 1.807) is 0 Å². The van der Waals surface area contributed by atoms with Crippen LogP contribution in [0.3, 0.4) is 0 Å². The normalized spacial score (nSPS) is 16.2. The Morgan fingerprint density at radius 1 is 1.33 bits per heavy atom. The molecule has 2 rings (SSSR count). The molecule has 5 heteroatoms. The Kier molecular flexibility index (Phi) is 4.30. The number of benzene rings is 1. The van der Waals surface area contributed by atoms with E-state index in [9.17, 15) is 9.59 Å². The first-order chi connectivity index (χ1) is 8.75. The van der Waals surface area contributed by atoms with E-state index in [0.29, 0.717) is 13.2 Å². The summed E-state index contributed by atoms with van der Waals surface area (Å²) in [5.41, 5.74) is 0.920. The van der Waals surface area contributed by atoms with E-state index in [2.05, 4.69) is 0 Å². The van der Waals surface area contributed by atoms with Crippen LogP contribution in [0.1, 0.15) is 5.56 Å². The third-order valence-corrected chi connectivity index (χ3v) is 2.60. The first-order valence-corrected chi connectivity index (χ1v) is 5.81. The van der Waals surface area contributed by atoms with E-state index in [-0.39, 0.29) is 25.5 Å². The van der Waals surface area contributed by atoms with Crippen LogP contribution in [0.5, 0.6) is 0 Å². The molecule has 0 saturated carbocycles. The lowest BCUT2D eigenvalue weighted by molar-refractivity contribution is -0.122. The minimum absolute atomic E-state index is 0.0631. The zero-order valence-electron chi connectivity index (χ0n) is 10.0. The topological polar surface area (TPSA) is 55.8 Å². The molecule has 96 valence electrons. The van der Waals surface area contributed by atoms with Crippen molar-refractivity contribution in [3.63, 3.8) is 0 Å². The number of carbonyl (C=O) groups is 2. The zero-order valence-corrected chi connectivity index (χ0v) is 10.0. The highest BCUT2D eigenvalue weighted by molar-refractivity contribution is 5.85. The van der Waals surface area contributed by atoms with Crippen molar-refractivity contribution in [1.29, 1.82) is 0 Å². The second kappa shape index (κ2) is 6.16. The number of hydrogen-bond acceptors (Lipinski definition) is 4. The largest absolute Gasteiger partial charge is 0.445 e. The average Bonchev–Trinajstić information content (AvgIpc) is 2.62. The molecule has 1 aliphatic rings. The number of amides is 1. The SMILES string of the molecule is O=C1COCCN(C(=O)OCc2ccccc2)C1. The quantitative estimate of drug-likeness (QED) is 0.791. The summed E-state index contributed by atoms with van der Waals surface area (Å²) >= 11 is 0. The van der Waals surface area contributed by atoms with Gasteiger partial charge in [0.2, 0.25) is 0 Å². The summed E-state index contributed by atoms with van der Waals surface area (Å²) in [4.78, 5) is 24.4. The van der Waals surface area contributed by atoms with Crippen LogP contribution in [0, 0.1) is 0 Å². The van der Waals surface area contributed by atoms with E-state index in [0.717, 1.165) is 5.56 Å². The molecule has 0 spiro atoms. The lowest BCUT2D eigenvalue weighted by Crippen LogP contribution is -2.36. The molecule has 1 aromatic rings. The van der Waals surface area contributed by atoms with Crippen LogP contribution in [0.2, 0.25) is 0 Å². The fourth-order valence-electron chi connectivity index (χ4n) is 1.66. The Morgan fingerprint density at radius 3 is 2.89 bits per heavy atom. The van der Waals surface area contributed by atoms with E-state index < -0.39 is 6.09 Å². The van der Waals surface area contributed by atoms with E-state index in [4.69, 9.17) is 9.47 Å². The van der Waals surface area contributed by atoms with Crippen LogP contribution in [-0.4, -0.2) is 43.1 Å².